The van der Waals surface area contributed by atoms with Gasteiger partial charge in [-0.2, -0.15) is 17.7 Å². The number of benzene rings is 1. The smallest absolute Gasteiger partial charge is 0.378 e. The second kappa shape index (κ2) is 5.99. The molecule has 2 aromatic heterocycles. The molecule has 0 saturated heterocycles. The Hall–Kier alpha value is -2.84. The van der Waals surface area contributed by atoms with Crippen molar-refractivity contribution in [2.75, 3.05) is 24.3 Å². The Morgan fingerprint density at radius 3 is 2.62 bits per heavy atom. The Morgan fingerprint density at radius 2 is 1.92 bits per heavy atom. The van der Waals surface area contributed by atoms with E-state index in [-0.39, 0.29) is 5.65 Å². The number of hydrogen-bond donors (Lipinski definition) is 1. The first-order chi connectivity index (χ1) is 11.3. The lowest BCUT2D eigenvalue weighted by Gasteiger charge is -2.14. The van der Waals surface area contributed by atoms with Crippen LogP contribution in [0.3, 0.4) is 0 Å². The largest absolute Gasteiger partial charge is 0.453 e. The van der Waals surface area contributed by atoms with Crippen molar-refractivity contribution < 1.29 is 13.2 Å². The van der Waals surface area contributed by atoms with Gasteiger partial charge >= 0.3 is 6.18 Å². The molecule has 0 atom stereocenters. The van der Waals surface area contributed by atoms with Gasteiger partial charge in [-0.1, -0.05) is 12.1 Å². The first-order valence-corrected chi connectivity index (χ1v) is 7.14. The standard InChI is InChI=1S/C15H15F3N6/c1-23(2)11-5-3-4-10(8-11)9-19-12-6-7-13-20-21-14(15(16,17)18)24(13)22-12/h3-8H,9H2,1-2H3,(H,19,22). The number of hydrogen-bond acceptors (Lipinski definition) is 5. The van der Waals surface area contributed by atoms with Crippen molar-refractivity contribution in [3.63, 3.8) is 0 Å². The zero-order valence-corrected chi connectivity index (χ0v) is 13.0. The Balaban J connectivity index is 1.82. The zero-order valence-electron chi connectivity index (χ0n) is 13.0. The van der Waals surface area contributed by atoms with E-state index in [2.05, 4.69) is 20.6 Å². The molecule has 0 unspecified atom stereocenters. The lowest BCUT2D eigenvalue weighted by atomic mass is 10.2. The number of aromatic nitrogens is 4. The molecule has 2 heterocycles. The van der Waals surface area contributed by atoms with Crippen molar-refractivity contribution in [3.8, 4) is 0 Å². The summed E-state index contributed by atoms with van der Waals surface area (Å²) in [4.78, 5) is 1.97. The van der Waals surface area contributed by atoms with Gasteiger partial charge in [0.25, 0.3) is 5.82 Å². The number of anilines is 2. The van der Waals surface area contributed by atoms with Crippen molar-refractivity contribution in [3.05, 3.63) is 47.8 Å². The van der Waals surface area contributed by atoms with Gasteiger partial charge in [-0.3, -0.25) is 0 Å². The van der Waals surface area contributed by atoms with Crippen LogP contribution in [0.25, 0.3) is 5.65 Å². The van der Waals surface area contributed by atoms with Crippen LogP contribution in [0.4, 0.5) is 24.7 Å². The number of nitrogens with zero attached hydrogens (tertiary/aromatic N) is 5. The van der Waals surface area contributed by atoms with E-state index in [4.69, 9.17) is 0 Å². The summed E-state index contributed by atoms with van der Waals surface area (Å²) in [7, 11) is 3.87. The highest BCUT2D eigenvalue weighted by atomic mass is 19.4. The third kappa shape index (κ3) is 3.24. The van der Waals surface area contributed by atoms with Crippen molar-refractivity contribution >= 4 is 17.2 Å². The normalized spacial score (nSPS) is 11.7. The van der Waals surface area contributed by atoms with Crippen LogP contribution in [0.5, 0.6) is 0 Å². The van der Waals surface area contributed by atoms with Crippen LogP contribution in [0, 0.1) is 0 Å². The van der Waals surface area contributed by atoms with E-state index in [1.54, 1.807) is 6.07 Å². The first-order valence-electron chi connectivity index (χ1n) is 7.14. The van der Waals surface area contributed by atoms with Crippen LogP contribution in [-0.4, -0.2) is 33.9 Å². The van der Waals surface area contributed by atoms with Crippen LogP contribution < -0.4 is 10.2 Å². The minimum absolute atomic E-state index is 0.0440. The maximum absolute atomic E-state index is 12.9. The monoisotopic (exact) mass is 336 g/mol. The van der Waals surface area contributed by atoms with Crippen LogP contribution in [0.15, 0.2) is 36.4 Å². The van der Waals surface area contributed by atoms with E-state index in [0.717, 1.165) is 11.3 Å². The SMILES string of the molecule is CN(C)c1cccc(CNc2ccc3nnc(C(F)(F)F)n3n2)c1. The van der Waals surface area contributed by atoms with E-state index in [0.29, 0.717) is 16.9 Å². The van der Waals surface area contributed by atoms with Crippen LogP contribution in [0.2, 0.25) is 0 Å². The van der Waals surface area contributed by atoms with Gasteiger partial charge in [-0.25, -0.2) is 0 Å². The molecule has 3 rings (SSSR count). The van der Waals surface area contributed by atoms with E-state index < -0.39 is 12.0 Å². The summed E-state index contributed by atoms with van der Waals surface area (Å²) in [6.07, 6.45) is -4.61. The summed E-state index contributed by atoms with van der Waals surface area (Å²) in [5.74, 6) is -0.834. The van der Waals surface area contributed by atoms with Crippen LogP contribution in [0.1, 0.15) is 11.4 Å². The summed E-state index contributed by atoms with van der Waals surface area (Å²) in [5.41, 5.74) is 2.07. The predicted molar refractivity (Wildman–Crippen MR) is 83.9 cm³/mol. The molecule has 0 aliphatic rings. The van der Waals surface area contributed by atoms with E-state index in [9.17, 15) is 13.2 Å². The quantitative estimate of drug-likeness (QED) is 0.794. The van der Waals surface area contributed by atoms with Gasteiger partial charge in [0.15, 0.2) is 5.65 Å². The fraction of sp³-hybridized carbons (Fsp3) is 0.267. The molecule has 0 saturated carbocycles. The minimum atomic E-state index is -4.61. The second-order valence-electron chi connectivity index (χ2n) is 5.43. The first kappa shape index (κ1) is 16.0. The molecule has 0 aliphatic heterocycles. The third-order valence-electron chi connectivity index (χ3n) is 3.42. The van der Waals surface area contributed by atoms with Gasteiger partial charge in [0.05, 0.1) is 0 Å². The molecule has 1 aromatic carbocycles. The van der Waals surface area contributed by atoms with Gasteiger partial charge < -0.3 is 10.2 Å². The predicted octanol–water partition coefficient (Wildman–Crippen LogP) is 2.82. The Bertz CT molecular complexity index is 856. The molecule has 1 N–H and O–H groups in total. The lowest BCUT2D eigenvalue weighted by Crippen LogP contribution is -2.13. The number of rotatable bonds is 4. The highest BCUT2D eigenvalue weighted by molar-refractivity contribution is 5.49. The summed E-state index contributed by atoms with van der Waals surface area (Å²) in [6.45, 7) is 0.434. The molecule has 0 amide bonds. The Labute approximate surface area is 135 Å². The molecule has 126 valence electrons. The number of fused-ring (bicyclic) bond motifs is 1. The summed E-state index contributed by atoms with van der Waals surface area (Å²) in [5, 5.41) is 13.6. The lowest BCUT2D eigenvalue weighted by molar-refractivity contribution is -0.146. The summed E-state index contributed by atoms with van der Waals surface area (Å²) in [6, 6.07) is 10.8. The second-order valence-corrected chi connectivity index (χ2v) is 5.43. The van der Waals surface area contributed by atoms with Gasteiger partial charge in [0.2, 0.25) is 0 Å². The van der Waals surface area contributed by atoms with E-state index in [1.165, 1.54) is 6.07 Å². The van der Waals surface area contributed by atoms with Crippen LogP contribution in [-0.2, 0) is 12.7 Å². The molecule has 6 nitrogen and oxygen atoms in total. The molecule has 0 radical (unpaired) electrons. The van der Waals surface area contributed by atoms with Crippen molar-refractivity contribution in [2.24, 2.45) is 0 Å². The van der Waals surface area contributed by atoms with Crippen molar-refractivity contribution in [1.29, 1.82) is 0 Å². The fourth-order valence-corrected chi connectivity index (χ4v) is 2.20. The maximum Gasteiger partial charge on any atom is 0.453 e. The Kier molecular flexibility index (Phi) is 4.00. The minimum Gasteiger partial charge on any atom is -0.378 e. The molecule has 0 bridgehead atoms. The molecular weight excluding hydrogens is 321 g/mol. The molecule has 0 aliphatic carbocycles. The molecule has 0 spiro atoms. The van der Waals surface area contributed by atoms with E-state index in [1.807, 2.05) is 43.3 Å². The summed E-state index contributed by atoms with van der Waals surface area (Å²) < 4.78 is 39.3. The molecule has 24 heavy (non-hydrogen) atoms. The fourth-order valence-electron chi connectivity index (χ4n) is 2.20. The molecule has 9 heteroatoms. The van der Waals surface area contributed by atoms with Crippen molar-refractivity contribution in [1.82, 2.24) is 19.8 Å². The van der Waals surface area contributed by atoms with Crippen molar-refractivity contribution in [2.45, 2.75) is 12.7 Å². The molecule has 3 aromatic rings. The highest BCUT2D eigenvalue weighted by Gasteiger charge is 2.37. The Morgan fingerprint density at radius 1 is 1.12 bits per heavy atom. The average Bonchev–Trinajstić information content (AvgIpc) is 2.96. The number of halogens is 3. The maximum atomic E-state index is 12.9. The average molecular weight is 336 g/mol. The summed E-state index contributed by atoms with van der Waals surface area (Å²) >= 11 is 0. The van der Waals surface area contributed by atoms with Gasteiger partial charge in [-0.05, 0) is 29.8 Å². The number of nitrogens with one attached hydrogen (secondary N) is 1. The number of alkyl halides is 3. The van der Waals surface area contributed by atoms with Gasteiger partial charge in [0, 0.05) is 26.3 Å². The van der Waals surface area contributed by atoms with Gasteiger partial charge in [-0.15, -0.1) is 15.3 Å². The zero-order chi connectivity index (χ0) is 17.3. The third-order valence-corrected chi connectivity index (χ3v) is 3.42. The topological polar surface area (TPSA) is 58.3 Å². The molecular formula is C15H15F3N6. The highest BCUT2D eigenvalue weighted by Crippen LogP contribution is 2.27. The van der Waals surface area contributed by atoms with Crippen LogP contribution >= 0.6 is 0 Å². The van der Waals surface area contributed by atoms with Gasteiger partial charge in [0.1, 0.15) is 5.82 Å². The van der Waals surface area contributed by atoms with E-state index >= 15 is 0 Å². The molecule has 0 fully saturated rings.